The Morgan fingerprint density at radius 2 is 2.00 bits per heavy atom. The van der Waals surface area contributed by atoms with Crippen molar-refractivity contribution in [2.75, 3.05) is 6.54 Å². The number of amides is 1. The fourth-order valence-corrected chi connectivity index (χ4v) is 1.85. The first-order valence-electron chi connectivity index (χ1n) is 6.46. The molecule has 0 aliphatic rings. The van der Waals surface area contributed by atoms with Gasteiger partial charge in [0.1, 0.15) is 0 Å². The number of nitrogens with one attached hydrogen (secondary N) is 1. The van der Waals surface area contributed by atoms with Gasteiger partial charge in [-0.25, -0.2) is 0 Å². The van der Waals surface area contributed by atoms with Gasteiger partial charge in [-0.15, -0.1) is 0 Å². The number of benzene rings is 1. The van der Waals surface area contributed by atoms with Crippen LogP contribution in [0.4, 0.5) is 0 Å². The smallest absolute Gasteiger partial charge is 0.219 e. The highest BCUT2D eigenvalue weighted by molar-refractivity contribution is 5.75. The lowest BCUT2D eigenvalue weighted by molar-refractivity contribution is -0.121. The van der Waals surface area contributed by atoms with E-state index < -0.39 is 6.10 Å². The molecule has 3 heteroatoms. The molecule has 0 bridgehead atoms. The zero-order valence-electron chi connectivity index (χ0n) is 11.4. The number of aliphatic hydroxyl groups is 1. The molecule has 2 atom stereocenters. The van der Waals surface area contributed by atoms with Crippen molar-refractivity contribution in [1.82, 2.24) is 5.32 Å². The maximum Gasteiger partial charge on any atom is 0.219 e. The Morgan fingerprint density at radius 1 is 1.39 bits per heavy atom. The molecule has 0 unspecified atom stereocenters. The maximum absolute atomic E-state index is 11.3. The van der Waals surface area contributed by atoms with E-state index in [0.29, 0.717) is 13.0 Å². The second-order valence-electron chi connectivity index (χ2n) is 5.12. The molecular weight excluding hydrogens is 226 g/mol. The first kappa shape index (κ1) is 14.7. The Balaban J connectivity index is 2.71. The van der Waals surface area contributed by atoms with E-state index >= 15 is 0 Å². The highest BCUT2D eigenvalue weighted by atomic mass is 16.3. The molecule has 1 aromatic carbocycles. The van der Waals surface area contributed by atoms with E-state index in [-0.39, 0.29) is 11.3 Å². The minimum atomic E-state index is -0.477. The monoisotopic (exact) mass is 249 g/mol. The van der Waals surface area contributed by atoms with Gasteiger partial charge >= 0.3 is 0 Å². The third-order valence-electron chi connectivity index (χ3n) is 3.47. The Morgan fingerprint density at radius 3 is 2.50 bits per heavy atom. The molecule has 0 heterocycles. The molecule has 0 saturated heterocycles. The molecule has 0 aliphatic carbocycles. The molecule has 100 valence electrons. The molecule has 2 N–H and O–H groups in total. The lowest BCUT2D eigenvalue weighted by Crippen LogP contribution is -2.43. The van der Waals surface area contributed by atoms with Gasteiger partial charge in [-0.2, -0.15) is 0 Å². The van der Waals surface area contributed by atoms with E-state index in [1.165, 1.54) is 5.56 Å². The van der Waals surface area contributed by atoms with Gasteiger partial charge in [0.15, 0.2) is 0 Å². The van der Waals surface area contributed by atoms with Gasteiger partial charge in [0.05, 0.1) is 6.10 Å². The van der Waals surface area contributed by atoms with Crippen molar-refractivity contribution in [3.63, 3.8) is 0 Å². The van der Waals surface area contributed by atoms with Crippen LogP contribution in [0, 0.1) is 5.41 Å². The van der Waals surface area contributed by atoms with Crippen LogP contribution in [0.1, 0.15) is 32.8 Å². The van der Waals surface area contributed by atoms with Crippen LogP contribution in [0.25, 0.3) is 0 Å². The summed E-state index contributed by atoms with van der Waals surface area (Å²) < 4.78 is 0. The molecule has 0 radical (unpaired) electrons. The van der Waals surface area contributed by atoms with Crippen LogP contribution in [-0.4, -0.2) is 23.7 Å². The summed E-state index contributed by atoms with van der Waals surface area (Å²) in [6, 6.07) is 10.0. The minimum Gasteiger partial charge on any atom is -0.393 e. The van der Waals surface area contributed by atoms with Crippen LogP contribution in [0.2, 0.25) is 0 Å². The van der Waals surface area contributed by atoms with Crippen LogP contribution in [0.3, 0.4) is 0 Å². The SMILES string of the molecule is CCC(=O)NC[C@](C)(Cc1ccccc1)[C@@H](C)O. The average Bonchev–Trinajstić information content (AvgIpc) is 2.37. The molecule has 0 fully saturated rings. The van der Waals surface area contributed by atoms with E-state index in [1.807, 2.05) is 44.2 Å². The fourth-order valence-electron chi connectivity index (χ4n) is 1.85. The lowest BCUT2D eigenvalue weighted by atomic mass is 9.79. The van der Waals surface area contributed by atoms with Crippen molar-refractivity contribution < 1.29 is 9.90 Å². The van der Waals surface area contributed by atoms with Gasteiger partial charge < -0.3 is 10.4 Å². The summed E-state index contributed by atoms with van der Waals surface area (Å²) in [6.45, 7) is 6.10. The normalized spacial score (nSPS) is 15.8. The zero-order valence-corrected chi connectivity index (χ0v) is 11.4. The topological polar surface area (TPSA) is 49.3 Å². The quantitative estimate of drug-likeness (QED) is 0.811. The van der Waals surface area contributed by atoms with Gasteiger partial charge in [-0.3, -0.25) is 4.79 Å². The van der Waals surface area contributed by atoms with E-state index in [9.17, 15) is 9.90 Å². The van der Waals surface area contributed by atoms with Crippen LogP contribution in [-0.2, 0) is 11.2 Å². The molecule has 0 spiro atoms. The molecule has 1 rings (SSSR count). The van der Waals surface area contributed by atoms with Crippen molar-refractivity contribution in [2.45, 2.75) is 39.7 Å². The molecule has 0 aromatic heterocycles. The standard InChI is InChI=1S/C15H23NO2/c1-4-14(18)16-11-15(3,12(2)17)10-13-8-6-5-7-9-13/h5-9,12,17H,4,10-11H2,1-3H3,(H,16,18)/t12-,15+/m1/s1. The number of carbonyl (C=O) groups is 1. The number of hydrogen-bond acceptors (Lipinski definition) is 2. The second-order valence-corrected chi connectivity index (χ2v) is 5.12. The van der Waals surface area contributed by atoms with E-state index in [2.05, 4.69) is 5.32 Å². The van der Waals surface area contributed by atoms with E-state index in [0.717, 1.165) is 6.42 Å². The van der Waals surface area contributed by atoms with Gasteiger partial charge in [-0.1, -0.05) is 44.2 Å². The third kappa shape index (κ3) is 4.15. The molecule has 18 heavy (non-hydrogen) atoms. The summed E-state index contributed by atoms with van der Waals surface area (Å²) in [5, 5.41) is 12.8. The minimum absolute atomic E-state index is 0.0231. The summed E-state index contributed by atoms with van der Waals surface area (Å²) in [7, 11) is 0. The largest absolute Gasteiger partial charge is 0.393 e. The molecule has 3 nitrogen and oxygen atoms in total. The molecule has 1 amide bonds. The van der Waals surface area contributed by atoms with Crippen molar-refractivity contribution in [2.24, 2.45) is 5.41 Å². The van der Waals surface area contributed by atoms with Crippen molar-refractivity contribution in [3.8, 4) is 0 Å². The van der Waals surface area contributed by atoms with Gasteiger partial charge in [0.2, 0.25) is 5.91 Å². The summed E-state index contributed by atoms with van der Waals surface area (Å²) in [5.74, 6) is 0.0231. The second kappa shape index (κ2) is 6.55. The summed E-state index contributed by atoms with van der Waals surface area (Å²) >= 11 is 0. The lowest BCUT2D eigenvalue weighted by Gasteiger charge is -2.33. The third-order valence-corrected chi connectivity index (χ3v) is 3.47. The number of rotatable bonds is 6. The Hall–Kier alpha value is -1.35. The Labute approximate surface area is 109 Å². The summed E-state index contributed by atoms with van der Waals surface area (Å²) in [5.41, 5.74) is 0.832. The Bertz CT molecular complexity index is 375. The summed E-state index contributed by atoms with van der Waals surface area (Å²) in [6.07, 6.45) is 0.742. The van der Waals surface area contributed by atoms with Crippen molar-refractivity contribution >= 4 is 5.91 Å². The van der Waals surface area contributed by atoms with Gasteiger partial charge in [-0.05, 0) is 18.9 Å². The predicted octanol–water partition coefficient (Wildman–Crippen LogP) is 2.14. The van der Waals surface area contributed by atoms with Crippen molar-refractivity contribution in [1.29, 1.82) is 0 Å². The fraction of sp³-hybridized carbons (Fsp3) is 0.533. The van der Waals surface area contributed by atoms with Gasteiger partial charge in [0, 0.05) is 18.4 Å². The number of carbonyl (C=O) groups excluding carboxylic acids is 1. The van der Waals surface area contributed by atoms with Crippen LogP contribution in [0.15, 0.2) is 30.3 Å². The number of hydrogen-bond donors (Lipinski definition) is 2. The first-order chi connectivity index (χ1) is 8.48. The molecule has 0 aliphatic heterocycles. The van der Waals surface area contributed by atoms with Crippen molar-refractivity contribution in [3.05, 3.63) is 35.9 Å². The zero-order chi connectivity index (χ0) is 13.6. The van der Waals surface area contributed by atoms with Gasteiger partial charge in [0.25, 0.3) is 0 Å². The first-order valence-corrected chi connectivity index (χ1v) is 6.46. The predicted molar refractivity (Wildman–Crippen MR) is 73.2 cm³/mol. The number of aliphatic hydroxyl groups excluding tert-OH is 1. The highest BCUT2D eigenvalue weighted by Gasteiger charge is 2.30. The molecule has 0 saturated carbocycles. The van der Waals surface area contributed by atoms with E-state index in [1.54, 1.807) is 6.92 Å². The highest BCUT2D eigenvalue weighted by Crippen LogP contribution is 2.26. The maximum atomic E-state index is 11.3. The average molecular weight is 249 g/mol. The van der Waals surface area contributed by atoms with Crippen LogP contribution in [0.5, 0.6) is 0 Å². The summed E-state index contributed by atoms with van der Waals surface area (Å²) in [4.78, 5) is 11.3. The Kier molecular flexibility index (Phi) is 5.35. The molecular formula is C15H23NO2. The van der Waals surface area contributed by atoms with Crippen LogP contribution < -0.4 is 5.32 Å². The van der Waals surface area contributed by atoms with E-state index in [4.69, 9.17) is 0 Å². The molecule has 1 aromatic rings. The van der Waals surface area contributed by atoms with Crippen LogP contribution >= 0.6 is 0 Å².